The van der Waals surface area contributed by atoms with Gasteiger partial charge in [-0.15, -0.1) is 5.10 Å². The molecule has 11 heteroatoms. The van der Waals surface area contributed by atoms with Crippen LogP contribution in [0.5, 0.6) is 0 Å². The molecule has 0 aliphatic carbocycles. The Morgan fingerprint density at radius 3 is 2.57 bits per heavy atom. The number of morpholine rings is 1. The zero-order valence-electron chi connectivity index (χ0n) is 14.9. The number of pyridine rings is 1. The third kappa shape index (κ3) is 4.22. The van der Waals surface area contributed by atoms with Gasteiger partial charge in [-0.25, -0.2) is 18.1 Å². The number of nitrogens with zero attached hydrogens (tertiary/aromatic N) is 6. The minimum atomic E-state index is -3.55. The first-order valence-corrected chi connectivity index (χ1v) is 10.9. The number of ether oxygens (including phenoxy) is 1. The van der Waals surface area contributed by atoms with E-state index in [9.17, 15) is 8.42 Å². The van der Waals surface area contributed by atoms with Gasteiger partial charge < -0.3 is 4.74 Å². The van der Waals surface area contributed by atoms with E-state index in [1.807, 2.05) is 30.3 Å². The average Bonchev–Trinajstić information content (AvgIpc) is 3.16. The van der Waals surface area contributed by atoms with Crippen LogP contribution in [-0.4, -0.2) is 64.2 Å². The fraction of sp³-hybridized carbons (Fsp3) is 0.294. The molecule has 3 heterocycles. The van der Waals surface area contributed by atoms with Gasteiger partial charge in [-0.3, -0.25) is 0 Å². The predicted molar refractivity (Wildman–Crippen MR) is 101 cm³/mol. The largest absolute Gasteiger partial charge is 0.379 e. The summed E-state index contributed by atoms with van der Waals surface area (Å²) in [7, 11) is -3.55. The van der Waals surface area contributed by atoms with Crippen LogP contribution in [0.15, 0.2) is 63.7 Å². The van der Waals surface area contributed by atoms with Gasteiger partial charge in [-0.1, -0.05) is 30.3 Å². The van der Waals surface area contributed by atoms with Crippen LogP contribution in [0.4, 0.5) is 0 Å². The molecule has 3 aromatic rings. The summed E-state index contributed by atoms with van der Waals surface area (Å²) in [4.78, 5) is 4.45. The molecule has 0 N–H and O–H groups in total. The van der Waals surface area contributed by atoms with Crippen molar-refractivity contribution in [2.45, 2.75) is 21.6 Å². The third-order valence-corrected chi connectivity index (χ3v) is 6.99. The van der Waals surface area contributed by atoms with E-state index >= 15 is 0 Å². The van der Waals surface area contributed by atoms with Crippen molar-refractivity contribution in [1.82, 2.24) is 29.5 Å². The molecule has 0 spiro atoms. The summed E-state index contributed by atoms with van der Waals surface area (Å²) in [6.07, 6.45) is 1.37. The molecule has 0 amide bonds. The molecule has 1 aliphatic rings. The van der Waals surface area contributed by atoms with E-state index in [4.69, 9.17) is 4.74 Å². The lowest BCUT2D eigenvalue weighted by molar-refractivity contribution is 0.0730. The lowest BCUT2D eigenvalue weighted by Crippen LogP contribution is -2.40. The summed E-state index contributed by atoms with van der Waals surface area (Å²) in [5.41, 5.74) is 1.08. The Hall–Kier alpha value is -2.34. The maximum absolute atomic E-state index is 12.7. The van der Waals surface area contributed by atoms with Gasteiger partial charge in [-0.05, 0) is 39.9 Å². The number of hydrogen-bond acceptors (Lipinski definition) is 8. The first kappa shape index (κ1) is 19.0. The molecule has 2 aromatic heterocycles. The van der Waals surface area contributed by atoms with E-state index < -0.39 is 10.0 Å². The topological polar surface area (TPSA) is 103 Å². The molecule has 28 heavy (non-hydrogen) atoms. The van der Waals surface area contributed by atoms with Gasteiger partial charge in [0.05, 0.1) is 19.8 Å². The molecule has 0 saturated carbocycles. The monoisotopic (exact) mass is 418 g/mol. The standard InChI is InChI=1S/C17H18N6O3S2/c24-28(25,22-8-10-26-11-9-22)15-6-7-16(18-12-15)27-17-19-20-21-23(17)13-14-4-2-1-3-5-14/h1-7,12H,8-11,13H2. The Balaban J connectivity index is 1.48. The molecule has 1 aromatic carbocycles. The Kier molecular flexibility index (Phi) is 5.67. The zero-order chi connectivity index (χ0) is 19.4. The van der Waals surface area contributed by atoms with Crippen molar-refractivity contribution in [3.05, 3.63) is 54.2 Å². The van der Waals surface area contributed by atoms with Crippen LogP contribution in [0.25, 0.3) is 0 Å². The summed E-state index contributed by atoms with van der Waals surface area (Å²) in [5, 5.41) is 13.0. The lowest BCUT2D eigenvalue weighted by Gasteiger charge is -2.25. The third-order valence-electron chi connectivity index (χ3n) is 4.19. The summed E-state index contributed by atoms with van der Waals surface area (Å²) < 4.78 is 33.6. The normalized spacial score (nSPS) is 15.6. The van der Waals surface area contributed by atoms with Gasteiger partial charge in [0.1, 0.15) is 9.92 Å². The minimum Gasteiger partial charge on any atom is -0.379 e. The van der Waals surface area contributed by atoms with Gasteiger partial charge in [0.15, 0.2) is 0 Å². The highest BCUT2D eigenvalue weighted by Crippen LogP contribution is 2.25. The molecular formula is C17H18N6O3S2. The molecule has 4 rings (SSSR count). The van der Waals surface area contributed by atoms with Gasteiger partial charge >= 0.3 is 0 Å². The highest BCUT2D eigenvalue weighted by molar-refractivity contribution is 7.99. The SMILES string of the molecule is O=S(=O)(c1ccc(Sc2nnnn2Cc2ccccc2)nc1)N1CCOCC1. The van der Waals surface area contributed by atoms with Crippen LogP contribution in [-0.2, 0) is 21.3 Å². The second kappa shape index (κ2) is 8.35. The zero-order valence-corrected chi connectivity index (χ0v) is 16.5. The summed E-state index contributed by atoms with van der Waals surface area (Å²) >= 11 is 1.28. The van der Waals surface area contributed by atoms with Crippen LogP contribution in [0.1, 0.15) is 5.56 Å². The first-order chi connectivity index (χ1) is 13.6. The summed E-state index contributed by atoms with van der Waals surface area (Å²) in [5.74, 6) is 0. The van der Waals surface area contributed by atoms with E-state index in [2.05, 4.69) is 20.5 Å². The number of tetrazole rings is 1. The van der Waals surface area contributed by atoms with Crippen molar-refractivity contribution >= 4 is 21.8 Å². The number of hydrogen-bond donors (Lipinski definition) is 0. The van der Waals surface area contributed by atoms with Crippen LogP contribution < -0.4 is 0 Å². The molecule has 0 atom stereocenters. The maximum atomic E-state index is 12.7. The highest BCUT2D eigenvalue weighted by atomic mass is 32.2. The molecule has 0 unspecified atom stereocenters. The first-order valence-electron chi connectivity index (χ1n) is 8.65. The number of rotatable bonds is 6. The molecule has 0 radical (unpaired) electrons. The lowest BCUT2D eigenvalue weighted by atomic mass is 10.2. The van der Waals surface area contributed by atoms with Gasteiger partial charge in [0.25, 0.3) is 0 Å². The smallest absolute Gasteiger partial charge is 0.244 e. The maximum Gasteiger partial charge on any atom is 0.244 e. The number of sulfonamides is 1. The second-order valence-corrected chi connectivity index (χ2v) is 8.98. The van der Waals surface area contributed by atoms with Gasteiger partial charge in [0.2, 0.25) is 15.2 Å². The van der Waals surface area contributed by atoms with E-state index in [1.165, 1.54) is 22.3 Å². The predicted octanol–water partition coefficient (Wildman–Crippen LogP) is 1.29. The Morgan fingerprint density at radius 1 is 1.07 bits per heavy atom. The van der Waals surface area contributed by atoms with Crippen molar-refractivity contribution in [3.63, 3.8) is 0 Å². The van der Waals surface area contributed by atoms with Crippen molar-refractivity contribution in [2.24, 2.45) is 0 Å². The minimum absolute atomic E-state index is 0.169. The molecule has 1 saturated heterocycles. The molecule has 0 bridgehead atoms. The van der Waals surface area contributed by atoms with Crippen LogP contribution in [0, 0.1) is 0 Å². The molecule has 1 fully saturated rings. The fourth-order valence-electron chi connectivity index (χ4n) is 2.73. The number of aromatic nitrogens is 5. The molecule has 1 aliphatic heterocycles. The van der Waals surface area contributed by atoms with Crippen LogP contribution in [0.3, 0.4) is 0 Å². The molecular weight excluding hydrogens is 400 g/mol. The van der Waals surface area contributed by atoms with Crippen molar-refractivity contribution < 1.29 is 13.2 Å². The van der Waals surface area contributed by atoms with E-state index in [0.29, 0.717) is 43.0 Å². The van der Waals surface area contributed by atoms with E-state index in [1.54, 1.807) is 16.8 Å². The summed E-state index contributed by atoms with van der Waals surface area (Å²) in [6.45, 7) is 2.06. The number of benzene rings is 1. The van der Waals surface area contributed by atoms with Crippen LogP contribution >= 0.6 is 11.8 Å². The fourth-order valence-corrected chi connectivity index (χ4v) is 4.80. The van der Waals surface area contributed by atoms with Crippen LogP contribution in [0.2, 0.25) is 0 Å². The Morgan fingerprint density at radius 2 is 1.86 bits per heavy atom. The Bertz CT molecular complexity index is 1020. The summed E-state index contributed by atoms with van der Waals surface area (Å²) in [6, 6.07) is 13.1. The van der Waals surface area contributed by atoms with Crippen molar-refractivity contribution in [3.8, 4) is 0 Å². The van der Waals surface area contributed by atoms with Gasteiger partial charge in [0, 0.05) is 19.3 Å². The van der Waals surface area contributed by atoms with Crippen molar-refractivity contribution in [1.29, 1.82) is 0 Å². The quantitative estimate of drug-likeness (QED) is 0.590. The molecule has 146 valence electrons. The Labute approximate surface area is 166 Å². The van der Waals surface area contributed by atoms with Crippen molar-refractivity contribution in [2.75, 3.05) is 26.3 Å². The average molecular weight is 419 g/mol. The highest BCUT2D eigenvalue weighted by Gasteiger charge is 2.26. The molecule has 9 nitrogen and oxygen atoms in total. The second-order valence-electron chi connectivity index (χ2n) is 6.06. The van der Waals surface area contributed by atoms with Gasteiger partial charge in [-0.2, -0.15) is 4.31 Å². The van der Waals surface area contributed by atoms with E-state index in [0.717, 1.165) is 5.56 Å². The van der Waals surface area contributed by atoms with E-state index in [-0.39, 0.29) is 4.90 Å².